The molecule has 9 heteroatoms. The van der Waals surface area contributed by atoms with Gasteiger partial charge in [-0.1, -0.05) is 35.3 Å². The van der Waals surface area contributed by atoms with Crippen molar-refractivity contribution in [3.05, 3.63) is 86.6 Å². The van der Waals surface area contributed by atoms with E-state index in [2.05, 4.69) is 16.5 Å². The number of nitrogens with two attached hydrogens (primary N) is 1. The Morgan fingerprint density at radius 1 is 1.23 bits per heavy atom. The van der Waals surface area contributed by atoms with Gasteiger partial charge in [-0.05, 0) is 36.6 Å². The van der Waals surface area contributed by atoms with E-state index < -0.39 is 11.8 Å². The average molecular weight is 454 g/mol. The number of amides is 1. The highest BCUT2D eigenvalue weighted by Gasteiger charge is 2.41. The average Bonchev–Trinajstić information content (AvgIpc) is 2.78. The summed E-state index contributed by atoms with van der Waals surface area (Å²) in [6, 6.07) is 10.3. The van der Waals surface area contributed by atoms with E-state index in [9.17, 15) is 14.9 Å². The molecule has 156 valence electrons. The fourth-order valence-electron chi connectivity index (χ4n) is 3.94. The van der Waals surface area contributed by atoms with Gasteiger partial charge in [0.1, 0.15) is 5.82 Å². The fraction of sp³-hybridized carbons (Fsp3) is 0.182. The number of nitriles is 1. The van der Waals surface area contributed by atoms with Gasteiger partial charge in [0.05, 0.1) is 27.6 Å². The summed E-state index contributed by atoms with van der Waals surface area (Å²) >= 11 is 12.6. The molecule has 7 nitrogen and oxygen atoms in total. The Kier molecular flexibility index (Phi) is 5.68. The summed E-state index contributed by atoms with van der Waals surface area (Å²) in [6.45, 7) is 0. The van der Waals surface area contributed by atoms with Crippen LogP contribution in [0.25, 0.3) is 0 Å². The van der Waals surface area contributed by atoms with Crippen LogP contribution in [-0.2, 0) is 4.79 Å². The number of ketones is 1. The fourth-order valence-corrected chi connectivity index (χ4v) is 4.35. The van der Waals surface area contributed by atoms with Gasteiger partial charge in [-0.15, -0.1) is 0 Å². The molecule has 2 aromatic rings. The summed E-state index contributed by atoms with van der Waals surface area (Å²) in [4.78, 5) is 29.7. The maximum atomic E-state index is 13.0. The minimum absolute atomic E-state index is 0.0411. The molecule has 0 bridgehead atoms. The van der Waals surface area contributed by atoms with Gasteiger partial charge in [0, 0.05) is 35.6 Å². The van der Waals surface area contributed by atoms with Crippen LogP contribution in [0.3, 0.4) is 0 Å². The number of halogens is 2. The first-order valence-corrected chi connectivity index (χ1v) is 10.3. The molecule has 1 aliphatic carbocycles. The van der Waals surface area contributed by atoms with E-state index in [1.54, 1.807) is 30.3 Å². The molecule has 0 radical (unpaired) electrons. The second-order valence-electron chi connectivity index (χ2n) is 7.14. The number of pyridine rings is 1. The number of hydrogen-bond acceptors (Lipinski definition) is 6. The lowest BCUT2D eigenvalue weighted by molar-refractivity contribution is -0.116. The Labute approximate surface area is 188 Å². The molecule has 0 fully saturated rings. The number of carbonyl (C=O) groups is 2. The molecule has 0 saturated carbocycles. The highest BCUT2D eigenvalue weighted by molar-refractivity contribution is 6.42. The normalized spacial score (nSPS) is 18.5. The van der Waals surface area contributed by atoms with Crippen LogP contribution >= 0.6 is 23.2 Å². The SMILES string of the molecule is N#CC1=C(N)N(NC(=O)c2ccncc2)C2=C(C(=O)CCC2)C1c1cccc(Cl)c1Cl. The van der Waals surface area contributed by atoms with Crippen LogP contribution in [0.1, 0.15) is 41.1 Å². The molecule has 1 aliphatic heterocycles. The van der Waals surface area contributed by atoms with E-state index in [0.29, 0.717) is 46.7 Å². The number of hydrogen-bond donors (Lipinski definition) is 2. The Bertz CT molecular complexity index is 1180. The Hall–Kier alpha value is -3.34. The summed E-state index contributed by atoms with van der Waals surface area (Å²) in [5, 5.41) is 11.9. The smallest absolute Gasteiger partial charge is 0.270 e. The lowest BCUT2D eigenvalue weighted by Crippen LogP contribution is -2.48. The first kappa shape index (κ1) is 20.9. The van der Waals surface area contributed by atoms with E-state index in [1.807, 2.05) is 0 Å². The molecule has 4 rings (SSSR count). The van der Waals surface area contributed by atoms with Crippen LogP contribution in [0.2, 0.25) is 10.0 Å². The predicted molar refractivity (Wildman–Crippen MR) is 115 cm³/mol. The molecule has 1 unspecified atom stereocenters. The zero-order valence-electron chi connectivity index (χ0n) is 16.2. The van der Waals surface area contributed by atoms with Crippen LogP contribution in [0.5, 0.6) is 0 Å². The van der Waals surface area contributed by atoms with E-state index in [0.717, 1.165) is 0 Å². The molecule has 0 spiro atoms. The number of hydrazine groups is 1. The molecule has 2 heterocycles. The highest BCUT2D eigenvalue weighted by atomic mass is 35.5. The maximum Gasteiger partial charge on any atom is 0.270 e. The summed E-state index contributed by atoms with van der Waals surface area (Å²) in [5.74, 6) is -1.27. The number of benzene rings is 1. The van der Waals surface area contributed by atoms with Crippen LogP contribution in [-0.4, -0.2) is 21.7 Å². The van der Waals surface area contributed by atoms with E-state index in [1.165, 1.54) is 17.4 Å². The largest absolute Gasteiger partial charge is 0.383 e. The second kappa shape index (κ2) is 8.42. The quantitative estimate of drug-likeness (QED) is 0.729. The third-order valence-corrected chi connectivity index (χ3v) is 6.20. The summed E-state index contributed by atoms with van der Waals surface area (Å²) in [5.41, 5.74) is 11.1. The van der Waals surface area contributed by atoms with Crippen LogP contribution in [0, 0.1) is 11.3 Å². The van der Waals surface area contributed by atoms with Crippen LogP contribution in [0.15, 0.2) is 65.4 Å². The van der Waals surface area contributed by atoms with Crippen molar-refractivity contribution in [2.75, 3.05) is 0 Å². The van der Waals surface area contributed by atoms with Gasteiger partial charge in [0.25, 0.3) is 5.91 Å². The Morgan fingerprint density at radius 2 is 1.97 bits per heavy atom. The van der Waals surface area contributed by atoms with Crippen molar-refractivity contribution in [3.63, 3.8) is 0 Å². The number of allylic oxidation sites excluding steroid dienone is 3. The van der Waals surface area contributed by atoms with E-state index >= 15 is 0 Å². The van der Waals surface area contributed by atoms with Crippen molar-refractivity contribution in [3.8, 4) is 6.07 Å². The molecule has 1 amide bonds. The molecule has 2 aliphatic rings. The molecule has 0 saturated heterocycles. The van der Waals surface area contributed by atoms with Crippen molar-refractivity contribution >= 4 is 34.9 Å². The van der Waals surface area contributed by atoms with Gasteiger partial charge >= 0.3 is 0 Å². The third kappa shape index (κ3) is 3.65. The van der Waals surface area contributed by atoms with E-state index in [4.69, 9.17) is 28.9 Å². The van der Waals surface area contributed by atoms with Gasteiger partial charge in [0.15, 0.2) is 5.78 Å². The number of rotatable bonds is 3. The van der Waals surface area contributed by atoms with Crippen molar-refractivity contribution < 1.29 is 9.59 Å². The predicted octanol–water partition coefficient (Wildman–Crippen LogP) is 3.83. The van der Waals surface area contributed by atoms with Gasteiger partial charge < -0.3 is 5.73 Å². The zero-order chi connectivity index (χ0) is 22.1. The topological polar surface area (TPSA) is 112 Å². The number of Topliss-reactive ketones (excluding diaryl/α,β-unsaturated/α-hetero) is 1. The second-order valence-corrected chi connectivity index (χ2v) is 7.92. The molecule has 1 aromatic carbocycles. The van der Waals surface area contributed by atoms with Gasteiger partial charge in [-0.3, -0.25) is 20.0 Å². The summed E-state index contributed by atoms with van der Waals surface area (Å²) in [6.07, 6.45) is 4.43. The first-order valence-electron chi connectivity index (χ1n) is 9.55. The van der Waals surface area contributed by atoms with Crippen molar-refractivity contribution in [1.29, 1.82) is 5.26 Å². The minimum atomic E-state index is -0.756. The standard InChI is InChI=1S/C22H17Cl2N5O2/c23-15-4-1-3-13(20(15)24)18-14(11-25)21(26)29(16-5-2-6-17(30)19(16)18)28-22(31)12-7-9-27-10-8-12/h1,3-4,7-10,18H,2,5-6,26H2,(H,28,31). The Balaban J connectivity index is 1.86. The molecule has 1 atom stereocenters. The van der Waals surface area contributed by atoms with E-state index in [-0.39, 0.29) is 22.2 Å². The number of carbonyl (C=O) groups excluding carboxylic acids is 2. The highest BCUT2D eigenvalue weighted by Crippen LogP contribution is 2.46. The van der Waals surface area contributed by atoms with Gasteiger partial charge in [0.2, 0.25) is 0 Å². The van der Waals surface area contributed by atoms with Crippen molar-refractivity contribution in [2.45, 2.75) is 25.2 Å². The zero-order valence-corrected chi connectivity index (χ0v) is 17.7. The third-order valence-electron chi connectivity index (χ3n) is 5.36. The Morgan fingerprint density at radius 3 is 2.68 bits per heavy atom. The molecule has 31 heavy (non-hydrogen) atoms. The number of nitrogens with zero attached hydrogens (tertiary/aromatic N) is 3. The lowest BCUT2D eigenvalue weighted by atomic mass is 9.76. The monoisotopic (exact) mass is 453 g/mol. The molecular weight excluding hydrogens is 437 g/mol. The molecule has 3 N–H and O–H groups in total. The van der Waals surface area contributed by atoms with Crippen molar-refractivity contribution in [1.82, 2.24) is 15.4 Å². The minimum Gasteiger partial charge on any atom is -0.383 e. The van der Waals surface area contributed by atoms with Crippen molar-refractivity contribution in [2.24, 2.45) is 5.73 Å². The number of aromatic nitrogens is 1. The maximum absolute atomic E-state index is 13.0. The molecule has 1 aromatic heterocycles. The van der Waals surface area contributed by atoms with Gasteiger partial charge in [-0.25, -0.2) is 5.01 Å². The summed E-state index contributed by atoms with van der Waals surface area (Å²) < 4.78 is 0. The first-order chi connectivity index (χ1) is 14.9. The van der Waals surface area contributed by atoms with Crippen LogP contribution in [0.4, 0.5) is 0 Å². The van der Waals surface area contributed by atoms with Crippen LogP contribution < -0.4 is 11.2 Å². The summed E-state index contributed by atoms with van der Waals surface area (Å²) in [7, 11) is 0. The number of nitrogens with one attached hydrogen (secondary N) is 1. The lowest BCUT2D eigenvalue weighted by Gasteiger charge is -2.39. The van der Waals surface area contributed by atoms with Gasteiger partial charge in [-0.2, -0.15) is 5.26 Å². The molecular formula is C22H17Cl2N5O2.